The molecule has 0 aliphatic heterocycles. The topological polar surface area (TPSA) is 90.4 Å². The van der Waals surface area contributed by atoms with E-state index in [1.807, 2.05) is 0 Å². The van der Waals surface area contributed by atoms with Crippen LogP contribution in [0.5, 0.6) is 0 Å². The highest BCUT2D eigenvalue weighted by molar-refractivity contribution is 6.38. The van der Waals surface area contributed by atoms with Crippen LogP contribution in [0.4, 0.5) is 4.39 Å². The van der Waals surface area contributed by atoms with E-state index in [-0.39, 0.29) is 11.4 Å². The number of nitrogens with one attached hydrogen (secondary N) is 1. The molecule has 0 bridgehead atoms. The van der Waals surface area contributed by atoms with Gasteiger partial charge in [0.15, 0.2) is 0 Å². The summed E-state index contributed by atoms with van der Waals surface area (Å²) in [5.74, 6) is -3.77. The molecule has 3 aromatic rings. The summed E-state index contributed by atoms with van der Waals surface area (Å²) in [7, 11) is 0. The Morgan fingerprint density at radius 2 is 1.81 bits per heavy atom. The molecule has 0 saturated carbocycles. The molecule has 1 heterocycles. The normalized spacial score (nSPS) is 11.7. The van der Waals surface area contributed by atoms with Gasteiger partial charge in [-0.25, -0.2) is 9.18 Å². The summed E-state index contributed by atoms with van der Waals surface area (Å²) >= 11 is 6.02. The van der Waals surface area contributed by atoms with Crippen molar-refractivity contribution < 1.29 is 24.2 Å². The number of benzene rings is 2. The van der Waals surface area contributed by atoms with Crippen LogP contribution in [-0.4, -0.2) is 26.9 Å². The lowest BCUT2D eigenvalue weighted by Crippen LogP contribution is -2.09. The summed E-state index contributed by atoms with van der Waals surface area (Å²) in [4.78, 5) is 25.3. The van der Waals surface area contributed by atoms with Crippen LogP contribution in [-0.2, 0) is 16.0 Å². The zero-order valence-electron chi connectivity index (χ0n) is 13.3. The van der Waals surface area contributed by atoms with E-state index >= 15 is 0 Å². The maximum absolute atomic E-state index is 13.1. The molecule has 3 N–H and O–H groups in total. The number of rotatable bonds is 5. The lowest BCUT2D eigenvalue weighted by atomic mass is 10.0. The Bertz CT molecular complexity index is 1040. The molecule has 0 aliphatic carbocycles. The molecule has 0 fully saturated rings. The first-order chi connectivity index (χ1) is 12.3. The number of aromatic amines is 1. The number of aliphatic hydroxyl groups excluding tert-OH is 1. The van der Waals surface area contributed by atoms with Gasteiger partial charge in [0, 0.05) is 39.7 Å². The SMILES string of the molecule is O=C(O)C(=O)C=C(O)c1c(Cc2ccc(F)cc2)[nH]c2ccc(Cl)cc12. The summed E-state index contributed by atoms with van der Waals surface area (Å²) in [6.07, 6.45) is 0.959. The number of H-pyrrole nitrogens is 1. The van der Waals surface area contributed by atoms with Gasteiger partial charge in [-0.2, -0.15) is 0 Å². The Kier molecular flexibility index (Phi) is 4.77. The van der Waals surface area contributed by atoms with Gasteiger partial charge in [-0.3, -0.25) is 4.79 Å². The van der Waals surface area contributed by atoms with E-state index in [1.54, 1.807) is 30.3 Å². The Hall–Kier alpha value is -3.12. The molecule has 0 aliphatic rings. The van der Waals surface area contributed by atoms with Crippen molar-refractivity contribution in [2.24, 2.45) is 0 Å². The van der Waals surface area contributed by atoms with E-state index in [4.69, 9.17) is 16.7 Å². The van der Waals surface area contributed by atoms with E-state index in [0.717, 1.165) is 5.56 Å². The molecule has 26 heavy (non-hydrogen) atoms. The Balaban J connectivity index is 2.14. The minimum atomic E-state index is -1.67. The fourth-order valence-corrected chi connectivity index (χ4v) is 2.88. The Morgan fingerprint density at radius 1 is 1.12 bits per heavy atom. The molecule has 0 spiro atoms. The number of aromatic nitrogens is 1. The highest BCUT2D eigenvalue weighted by Crippen LogP contribution is 2.31. The highest BCUT2D eigenvalue weighted by Gasteiger charge is 2.18. The van der Waals surface area contributed by atoms with Crippen molar-refractivity contribution in [2.45, 2.75) is 6.42 Å². The third-order valence-corrected chi connectivity index (χ3v) is 4.10. The van der Waals surface area contributed by atoms with E-state index in [2.05, 4.69) is 4.98 Å². The number of halogens is 2. The molecule has 0 radical (unpaired) electrons. The molecule has 0 atom stereocenters. The number of ketones is 1. The number of carboxylic acid groups (broad SMARTS) is 1. The summed E-state index contributed by atoms with van der Waals surface area (Å²) < 4.78 is 13.1. The number of hydrogen-bond donors (Lipinski definition) is 3. The molecule has 132 valence electrons. The van der Waals surface area contributed by atoms with Crippen LogP contribution in [0.1, 0.15) is 16.8 Å². The van der Waals surface area contributed by atoms with Gasteiger partial charge in [0.25, 0.3) is 5.78 Å². The second-order valence-electron chi connectivity index (χ2n) is 5.67. The van der Waals surface area contributed by atoms with Gasteiger partial charge in [0.1, 0.15) is 11.6 Å². The predicted molar refractivity (Wildman–Crippen MR) is 95.8 cm³/mol. The lowest BCUT2D eigenvalue weighted by molar-refractivity contribution is -0.146. The first kappa shape index (κ1) is 17.7. The van der Waals surface area contributed by atoms with Gasteiger partial charge in [0.2, 0.25) is 0 Å². The average molecular weight is 374 g/mol. The Labute approximate surface area is 152 Å². The first-order valence-electron chi connectivity index (χ1n) is 7.58. The number of carboxylic acids is 1. The number of aliphatic hydroxyl groups is 1. The zero-order valence-corrected chi connectivity index (χ0v) is 14.0. The van der Waals surface area contributed by atoms with Crippen molar-refractivity contribution in [3.63, 3.8) is 0 Å². The van der Waals surface area contributed by atoms with Gasteiger partial charge in [-0.05, 0) is 35.9 Å². The predicted octanol–water partition coefficient (Wildman–Crippen LogP) is 4.10. The lowest BCUT2D eigenvalue weighted by Gasteiger charge is -2.05. The summed E-state index contributed by atoms with van der Waals surface area (Å²) in [5.41, 5.74) is 2.24. The van der Waals surface area contributed by atoms with Gasteiger partial charge < -0.3 is 15.2 Å². The second kappa shape index (κ2) is 7.01. The van der Waals surface area contributed by atoms with Crippen LogP contribution in [0.3, 0.4) is 0 Å². The fourth-order valence-electron chi connectivity index (χ4n) is 2.71. The van der Waals surface area contributed by atoms with Gasteiger partial charge in [-0.15, -0.1) is 0 Å². The molecule has 7 heteroatoms. The third kappa shape index (κ3) is 3.60. The summed E-state index contributed by atoms with van der Waals surface area (Å²) in [5, 5.41) is 20.1. The minimum Gasteiger partial charge on any atom is -0.507 e. The largest absolute Gasteiger partial charge is 0.507 e. The van der Waals surface area contributed by atoms with E-state index in [1.165, 1.54) is 12.1 Å². The quantitative estimate of drug-likeness (QED) is 0.357. The third-order valence-electron chi connectivity index (χ3n) is 3.87. The molecule has 2 aromatic carbocycles. The molecule has 1 aromatic heterocycles. The van der Waals surface area contributed by atoms with E-state index in [9.17, 15) is 19.1 Å². The molecular formula is C19H13ClFNO4. The number of aliphatic carboxylic acids is 1. The zero-order chi connectivity index (χ0) is 18.8. The summed E-state index contributed by atoms with van der Waals surface area (Å²) in [6.45, 7) is 0. The fraction of sp³-hybridized carbons (Fsp3) is 0.0526. The van der Waals surface area contributed by atoms with Crippen LogP contribution in [0.2, 0.25) is 5.02 Å². The molecule has 3 rings (SSSR count). The van der Waals surface area contributed by atoms with Crippen molar-refractivity contribution >= 4 is 40.0 Å². The van der Waals surface area contributed by atoms with Crippen LogP contribution < -0.4 is 0 Å². The maximum atomic E-state index is 13.1. The maximum Gasteiger partial charge on any atom is 0.376 e. The monoisotopic (exact) mass is 373 g/mol. The van der Waals surface area contributed by atoms with Crippen molar-refractivity contribution in [1.29, 1.82) is 0 Å². The van der Waals surface area contributed by atoms with Crippen LogP contribution in [0.25, 0.3) is 16.7 Å². The van der Waals surface area contributed by atoms with Crippen LogP contribution in [0, 0.1) is 5.82 Å². The molecular weight excluding hydrogens is 361 g/mol. The molecule has 5 nitrogen and oxygen atoms in total. The number of carbonyl (C=O) groups is 2. The van der Waals surface area contributed by atoms with Crippen molar-refractivity contribution in [3.05, 3.63) is 76.2 Å². The van der Waals surface area contributed by atoms with Crippen molar-refractivity contribution in [2.75, 3.05) is 0 Å². The van der Waals surface area contributed by atoms with Crippen molar-refractivity contribution in [3.8, 4) is 0 Å². The number of carbonyl (C=O) groups excluding carboxylic acids is 1. The first-order valence-corrected chi connectivity index (χ1v) is 7.96. The van der Waals surface area contributed by atoms with Gasteiger partial charge >= 0.3 is 5.97 Å². The standard InChI is InChI=1S/C19H13ClFNO4/c20-11-3-6-14-13(8-11)18(16(23)9-17(24)19(25)26)15(22-14)7-10-1-4-12(21)5-2-10/h1-6,8-9,22-23H,7H2,(H,25,26). The average Bonchev–Trinajstić information content (AvgIpc) is 2.93. The van der Waals surface area contributed by atoms with E-state index < -0.39 is 17.5 Å². The van der Waals surface area contributed by atoms with E-state index in [0.29, 0.717) is 34.1 Å². The van der Waals surface area contributed by atoms with Crippen molar-refractivity contribution in [1.82, 2.24) is 4.98 Å². The smallest absolute Gasteiger partial charge is 0.376 e. The molecule has 0 saturated heterocycles. The van der Waals surface area contributed by atoms with Crippen LogP contribution in [0.15, 0.2) is 48.5 Å². The molecule has 0 unspecified atom stereocenters. The van der Waals surface area contributed by atoms with Gasteiger partial charge in [0.05, 0.1) is 0 Å². The number of fused-ring (bicyclic) bond motifs is 1. The molecule has 0 amide bonds. The summed E-state index contributed by atoms with van der Waals surface area (Å²) in [6, 6.07) is 10.8. The highest BCUT2D eigenvalue weighted by atomic mass is 35.5. The second-order valence-corrected chi connectivity index (χ2v) is 6.11. The van der Waals surface area contributed by atoms with Gasteiger partial charge in [-0.1, -0.05) is 23.7 Å². The van der Waals surface area contributed by atoms with Crippen LogP contribution >= 0.6 is 11.6 Å². The minimum absolute atomic E-state index is 0.279. The number of hydrogen-bond acceptors (Lipinski definition) is 3. The Morgan fingerprint density at radius 3 is 2.46 bits per heavy atom.